The van der Waals surface area contributed by atoms with Gasteiger partial charge >= 0.3 is 6.18 Å². The van der Waals surface area contributed by atoms with Crippen molar-refractivity contribution in [3.63, 3.8) is 0 Å². The molecule has 4 nitrogen and oxygen atoms in total. The molecule has 7 heteroatoms. The molecule has 0 unspecified atom stereocenters. The minimum Gasteiger partial charge on any atom is -0.331 e. The number of amides is 1. The summed E-state index contributed by atoms with van der Waals surface area (Å²) in [6.07, 6.45) is -4.44. The van der Waals surface area contributed by atoms with Crippen molar-refractivity contribution in [3.8, 4) is 0 Å². The molecule has 0 aliphatic rings. The number of para-hydroxylation sites is 1. The summed E-state index contributed by atoms with van der Waals surface area (Å²) < 4.78 is 39.9. The highest BCUT2D eigenvalue weighted by atomic mass is 19.4. The average Bonchev–Trinajstić information content (AvgIpc) is 2.71. The second kappa shape index (κ2) is 7.33. The van der Waals surface area contributed by atoms with Crippen LogP contribution in [0.1, 0.15) is 11.1 Å². The maximum Gasteiger partial charge on any atom is 0.416 e. The second-order valence-electron chi connectivity index (χ2n) is 7.08. The molecule has 0 spiro atoms. The van der Waals surface area contributed by atoms with Crippen LogP contribution in [0.15, 0.2) is 71.5 Å². The fraction of sp³-hybridized carbons (Fsp3) is 0.130. The van der Waals surface area contributed by atoms with E-state index in [1.807, 2.05) is 13.0 Å². The smallest absolute Gasteiger partial charge is 0.331 e. The number of carbonyl (C=O) groups excluding carboxylic acids is 1. The lowest BCUT2D eigenvalue weighted by Gasteiger charge is -2.16. The van der Waals surface area contributed by atoms with Crippen LogP contribution in [0.3, 0.4) is 0 Å². The first-order valence-corrected chi connectivity index (χ1v) is 9.23. The summed E-state index contributed by atoms with van der Waals surface area (Å²) in [6.45, 7) is 1.79. The number of halogens is 3. The highest BCUT2D eigenvalue weighted by Gasteiger charge is 2.30. The lowest BCUT2D eigenvalue weighted by molar-refractivity contribution is -0.137. The molecule has 0 saturated heterocycles. The van der Waals surface area contributed by atoms with Gasteiger partial charge in [0.1, 0.15) is 6.54 Å². The van der Waals surface area contributed by atoms with Gasteiger partial charge in [-0.1, -0.05) is 23.8 Å². The highest BCUT2D eigenvalue weighted by molar-refractivity contribution is 5.97. The number of pyridine rings is 1. The number of nitrogens with zero attached hydrogens (tertiary/aromatic N) is 1. The predicted octanol–water partition coefficient (Wildman–Crippen LogP) is 5.12. The van der Waals surface area contributed by atoms with Crippen molar-refractivity contribution in [1.82, 2.24) is 4.57 Å². The molecule has 152 valence electrons. The SMILES string of the molecule is Cc1ccc2c(c1)c(=O)c1ccccc1n2CC(=O)Nc1ccc(C(F)(F)F)cc1. The molecule has 0 radical (unpaired) electrons. The third-order valence-corrected chi connectivity index (χ3v) is 4.92. The van der Waals surface area contributed by atoms with Gasteiger partial charge in [0, 0.05) is 16.5 Å². The zero-order valence-corrected chi connectivity index (χ0v) is 16.0. The van der Waals surface area contributed by atoms with E-state index in [0.717, 1.165) is 17.7 Å². The zero-order chi connectivity index (χ0) is 21.5. The Morgan fingerprint density at radius 3 is 2.30 bits per heavy atom. The van der Waals surface area contributed by atoms with Crippen LogP contribution in [-0.4, -0.2) is 10.5 Å². The predicted molar refractivity (Wildman–Crippen MR) is 111 cm³/mol. The molecule has 1 N–H and O–H groups in total. The number of aryl methyl sites for hydroxylation is 1. The Labute approximate surface area is 169 Å². The number of alkyl halides is 3. The second-order valence-corrected chi connectivity index (χ2v) is 7.08. The number of benzene rings is 3. The van der Waals surface area contributed by atoms with Crippen molar-refractivity contribution in [2.75, 3.05) is 5.32 Å². The largest absolute Gasteiger partial charge is 0.416 e. The number of aromatic nitrogens is 1. The molecule has 0 aliphatic carbocycles. The Balaban J connectivity index is 1.71. The molecule has 4 aromatic rings. The molecule has 0 bridgehead atoms. The zero-order valence-electron chi connectivity index (χ0n) is 16.0. The van der Waals surface area contributed by atoms with Crippen LogP contribution in [0.5, 0.6) is 0 Å². The minimum absolute atomic E-state index is 0.0959. The molecule has 0 atom stereocenters. The van der Waals surface area contributed by atoms with E-state index in [1.54, 1.807) is 41.0 Å². The van der Waals surface area contributed by atoms with E-state index < -0.39 is 17.6 Å². The van der Waals surface area contributed by atoms with Crippen LogP contribution in [-0.2, 0) is 17.5 Å². The fourth-order valence-electron chi connectivity index (χ4n) is 3.50. The molecule has 1 heterocycles. The first kappa shape index (κ1) is 19.7. The van der Waals surface area contributed by atoms with Crippen LogP contribution in [0.2, 0.25) is 0 Å². The number of carbonyl (C=O) groups is 1. The van der Waals surface area contributed by atoms with E-state index in [0.29, 0.717) is 21.8 Å². The van der Waals surface area contributed by atoms with E-state index in [2.05, 4.69) is 5.32 Å². The first-order valence-electron chi connectivity index (χ1n) is 9.23. The molecule has 4 rings (SSSR count). The molecular formula is C23H17F3N2O2. The van der Waals surface area contributed by atoms with Crippen LogP contribution in [0.25, 0.3) is 21.8 Å². The summed E-state index contributed by atoms with van der Waals surface area (Å²) in [7, 11) is 0. The summed E-state index contributed by atoms with van der Waals surface area (Å²) >= 11 is 0. The maximum absolute atomic E-state index is 12.9. The van der Waals surface area contributed by atoms with Crippen molar-refractivity contribution < 1.29 is 18.0 Å². The summed E-state index contributed by atoms with van der Waals surface area (Å²) in [4.78, 5) is 25.5. The third-order valence-electron chi connectivity index (χ3n) is 4.92. The van der Waals surface area contributed by atoms with Gasteiger partial charge in [-0.2, -0.15) is 13.2 Å². The monoisotopic (exact) mass is 410 g/mol. The van der Waals surface area contributed by atoms with Crippen LogP contribution >= 0.6 is 0 Å². The van der Waals surface area contributed by atoms with Crippen molar-refractivity contribution >= 4 is 33.4 Å². The van der Waals surface area contributed by atoms with Gasteiger partial charge in [-0.3, -0.25) is 9.59 Å². The van der Waals surface area contributed by atoms with E-state index in [4.69, 9.17) is 0 Å². The van der Waals surface area contributed by atoms with Crippen molar-refractivity contribution in [2.24, 2.45) is 0 Å². The number of fused-ring (bicyclic) bond motifs is 2. The average molecular weight is 410 g/mol. The minimum atomic E-state index is -4.44. The van der Waals surface area contributed by atoms with Crippen molar-refractivity contribution in [3.05, 3.63) is 88.1 Å². The Kier molecular flexibility index (Phi) is 4.81. The molecule has 1 aromatic heterocycles. The van der Waals surface area contributed by atoms with Gasteiger partial charge in [0.05, 0.1) is 16.6 Å². The standard InChI is InChI=1S/C23H17F3N2O2/c1-14-6-11-20-18(12-14)22(30)17-4-2-3-5-19(17)28(20)13-21(29)27-16-9-7-15(8-10-16)23(24,25)26/h2-12H,13H2,1H3,(H,27,29). The van der Waals surface area contributed by atoms with Gasteiger partial charge in [0.15, 0.2) is 5.43 Å². The molecule has 0 aliphatic heterocycles. The normalized spacial score (nSPS) is 11.7. The number of anilines is 1. The van der Waals surface area contributed by atoms with Crippen LogP contribution in [0.4, 0.5) is 18.9 Å². The van der Waals surface area contributed by atoms with Crippen molar-refractivity contribution in [2.45, 2.75) is 19.6 Å². The Hall–Kier alpha value is -3.61. The lowest BCUT2D eigenvalue weighted by atomic mass is 10.1. The van der Waals surface area contributed by atoms with Gasteiger partial charge in [-0.05, 0) is 55.5 Å². The number of hydrogen-bond acceptors (Lipinski definition) is 2. The molecule has 0 fully saturated rings. The number of nitrogens with one attached hydrogen (secondary N) is 1. The Morgan fingerprint density at radius 2 is 1.60 bits per heavy atom. The van der Waals surface area contributed by atoms with E-state index in [9.17, 15) is 22.8 Å². The molecule has 3 aromatic carbocycles. The van der Waals surface area contributed by atoms with Gasteiger partial charge in [-0.25, -0.2) is 0 Å². The quantitative estimate of drug-likeness (QED) is 0.477. The molecule has 1 amide bonds. The topological polar surface area (TPSA) is 51.1 Å². The van der Waals surface area contributed by atoms with Crippen LogP contribution in [0, 0.1) is 6.92 Å². The summed E-state index contributed by atoms with van der Waals surface area (Å²) in [5, 5.41) is 3.63. The van der Waals surface area contributed by atoms with E-state index >= 15 is 0 Å². The number of hydrogen-bond donors (Lipinski definition) is 1. The third kappa shape index (κ3) is 3.66. The Morgan fingerprint density at radius 1 is 0.933 bits per heavy atom. The summed E-state index contributed by atoms with van der Waals surface area (Å²) in [5.41, 5.74) is 1.53. The van der Waals surface area contributed by atoms with Gasteiger partial charge in [0.2, 0.25) is 5.91 Å². The Bertz CT molecular complexity index is 1320. The summed E-state index contributed by atoms with van der Waals surface area (Å²) in [5.74, 6) is -0.412. The van der Waals surface area contributed by atoms with Gasteiger partial charge < -0.3 is 9.88 Å². The fourth-order valence-corrected chi connectivity index (χ4v) is 3.50. The molecular weight excluding hydrogens is 393 g/mol. The molecule has 0 saturated carbocycles. The lowest BCUT2D eigenvalue weighted by Crippen LogP contribution is -2.21. The first-order chi connectivity index (χ1) is 14.2. The highest BCUT2D eigenvalue weighted by Crippen LogP contribution is 2.30. The number of rotatable bonds is 3. The maximum atomic E-state index is 12.9. The van der Waals surface area contributed by atoms with Crippen LogP contribution < -0.4 is 10.7 Å². The van der Waals surface area contributed by atoms with Crippen molar-refractivity contribution in [1.29, 1.82) is 0 Å². The van der Waals surface area contributed by atoms with Gasteiger partial charge in [-0.15, -0.1) is 0 Å². The van der Waals surface area contributed by atoms with Gasteiger partial charge in [0.25, 0.3) is 0 Å². The summed E-state index contributed by atoms with van der Waals surface area (Å²) in [6, 6.07) is 16.7. The molecule has 30 heavy (non-hydrogen) atoms. The van der Waals surface area contributed by atoms with E-state index in [1.165, 1.54) is 12.1 Å². The van der Waals surface area contributed by atoms with E-state index in [-0.39, 0.29) is 17.7 Å².